The van der Waals surface area contributed by atoms with Crippen molar-refractivity contribution in [3.63, 3.8) is 0 Å². The van der Waals surface area contributed by atoms with Crippen molar-refractivity contribution in [3.8, 4) is 0 Å². The van der Waals surface area contributed by atoms with E-state index in [0.717, 1.165) is 0 Å². The Labute approximate surface area is 128 Å². The maximum absolute atomic E-state index is 12.5. The average Bonchev–Trinajstić information content (AvgIpc) is 2.59. The van der Waals surface area contributed by atoms with E-state index >= 15 is 0 Å². The molecule has 1 aromatic carbocycles. The molecule has 0 aliphatic carbocycles. The van der Waals surface area contributed by atoms with Crippen LogP contribution >= 0.6 is 23.2 Å². The lowest BCUT2D eigenvalue weighted by Gasteiger charge is -2.21. The summed E-state index contributed by atoms with van der Waals surface area (Å²) in [6.07, 6.45) is 0. The predicted octanol–water partition coefficient (Wildman–Crippen LogP) is 3.17. The Hall–Kier alpha value is -1.26. The molecule has 20 heavy (non-hydrogen) atoms. The highest BCUT2D eigenvalue weighted by Gasteiger charge is 2.41. The van der Waals surface area contributed by atoms with Crippen molar-refractivity contribution in [2.24, 2.45) is 5.92 Å². The molecule has 1 aliphatic rings. The van der Waals surface area contributed by atoms with Gasteiger partial charge in [0, 0.05) is 24.1 Å². The zero-order valence-corrected chi connectivity index (χ0v) is 13.0. The van der Waals surface area contributed by atoms with Crippen LogP contribution in [0.25, 0.3) is 0 Å². The second kappa shape index (κ2) is 5.62. The number of anilines is 1. The number of carbonyl (C=O) groups is 2. The summed E-state index contributed by atoms with van der Waals surface area (Å²) in [6, 6.07) is 2.55. The zero-order chi connectivity index (χ0) is 15.0. The highest BCUT2D eigenvalue weighted by Crippen LogP contribution is 2.45. The quantitative estimate of drug-likeness (QED) is 0.931. The van der Waals surface area contributed by atoms with Crippen molar-refractivity contribution in [1.82, 2.24) is 5.32 Å². The monoisotopic (exact) mass is 314 g/mol. The van der Waals surface area contributed by atoms with Gasteiger partial charge in [0.05, 0.1) is 10.7 Å². The van der Waals surface area contributed by atoms with Gasteiger partial charge in [0.2, 0.25) is 5.91 Å². The maximum Gasteiger partial charge on any atom is 0.254 e. The fourth-order valence-corrected chi connectivity index (χ4v) is 2.91. The van der Waals surface area contributed by atoms with E-state index in [-0.39, 0.29) is 17.7 Å². The Kier molecular flexibility index (Phi) is 4.25. The van der Waals surface area contributed by atoms with Gasteiger partial charge >= 0.3 is 0 Å². The molecule has 1 aromatic rings. The largest absolute Gasteiger partial charge is 0.341 e. The van der Waals surface area contributed by atoms with E-state index in [2.05, 4.69) is 5.32 Å². The number of rotatable bonds is 3. The molecule has 4 nitrogen and oxygen atoms in total. The number of halogens is 2. The van der Waals surface area contributed by atoms with Crippen LogP contribution in [0.5, 0.6) is 0 Å². The van der Waals surface area contributed by atoms with Gasteiger partial charge < -0.3 is 10.2 Å². The molecule has 1 atom stereocenters. The van der Waals surface area contributed by atoms with Crippen molar-refractivity contribution in [1.29, 1.82) is 0 Å². The lowest BCUT2D eigenvalue weighted by Crippen LogP contribution is -2.38. The lowest BCUT2D eigenvalue weighted by atomic mass is 10.1. The smallest absolute Gasteiger partial charge is 0.254 e. The fourth-order valence-electron chi connectivity index (χ4n) is 2.38. The molecule has 0 spiro atoms. The maximum atomic E-state index is 12.5. The third-order valence-electron chi connectivity index (χ3n) is 3.08. The molecule has 1 heterocycles. The van der Waals surface area contributed by atoms with Crippen LogP contribution in [0.15, 0.2) is 12.1 Å². The minimum atomic E-state index is -0.757. The van der Waals surface area contributed by atoms with Crippen LogP contribution in [0.2, 0.25) is 10.0 Å². The molecule has 0 fully saturated rings. The number of amides is 2. The van der Waals surface area contributed by atoms with Crippen molar-refractivity contribution in [2.75, 3.05) is 11.4 Å². The number of hydrogen-bond donors (Lipinski definition) is 1. The van der Waals surface area contributed by atoms with Crippen LogP contribution in [-0.4, -0.2) is 18.4 Å². The minimum absolute atomic E-state index is 0.195. The van der Waals surface area contributed by atoms with Gasteiger partial charge in [0.1, 0.15) is 6.04 Å². The van der Waals surface area contributed by atoms with Crippen LogP contribution in [0.4, 0.5) is 5.69 Å². The first kappa shape index (κ1) is 15.1. The van der Waals surface area contributed by atoms with Crippen LogP contribution < -0.4 is 10.2 Å². The average molecular weight is 315 g/mol. The topological polar surface area (TPSA) is 49.4 Å². The molecule has 0 bridgehead atoms. The van der Waals surface area contributed by atoms with Gasteiger partial charge in [-0.05, 0) is 18.1 Å². The second-order valence-electron chi connectivity index (χ2n) is 5.27. The van der Waals surface area contributed by atoms with E-state index in [1.165, 1.54) is 6.92 Å². The summed E-state index contributed by atoms with van der Waals surface area (Å²) in [4.78, 5) is 25.5. The molecule has 0 radical (unpaired) electrons. The molecule has 2 rings (SSSR count). The van der Waals surface area contributed by atoms with Crippen LogP contribution in [0.1, 0.15) is 32.4 Å². The summed E-state index contributed by atoms with van der Waals surface area (Å²) in [5, 5.41) is 3.54. The predicted molar refractivity (Wildman–Crippen MR) is 80.2 cm³/mol. The first-order valence-electron chi connectivity index (χ1n) is 6.39. The van der Waals surface area contributed by atoms with Crippen LogP contribution in [0.3, 0.4) is 0 Å². The number of fused-ring (bicyclic) bond motifs is 1. The van der Waals surface area contributed by atoms with E-state index in [1.54, 1.807) is 17.0 Å². The van der Waals surface area contributed by atoms with Gasteiger partial charge in [-0.1, -0.05) is 37.0 Å². The molecular weight excluding hydrogens is 299 g/mol. The molecule has 0 aromatic heterocycles. The number of carbonyl (C=O) groups excluding carboxylic acids is 2. The van der Waals surface area contributed by atoms with Crippen LogP contribution in [-0.2, 0) is 9.59 Å². The van der Waals surface area contributed by atoms with E-state index in [0.29, 0.717) is 27.8 Å². The first-order chi connectivity index (χ1) is 9.32. The second-order valence-corrected chi connectivity index (χ2v) is 6.08. The molecule has 6 heteroatoms. The Morgan fingerprint density at radius 1 is 1.35 bits per heavy atom. The Morgan fingerprint density at radius 3 is 2.50 bits per heavy atom. The molecule has 2 amide bonds. The standard InChI is InChI=1S/C14H16Cl2N2O2/c1-7(2)6-18-13-10(16)5-4-9(15)11(13)12(14(18)20)17-8(3)19/h4-5,7,12H,6H2,1-3H3,(H,17,19)/t12-/m0/s1. The van der Waals surface area contributed by atoms with E-state index in [4.69, 9.17) is 23.2 Å². The van der Waals surface area contributed by atoms with Crippen molar-refractivity contribution >= 4 is 40.7 Å². The molecule has 0 saturated carbocycles. The summed E-state index contributed by atoms with van der Waals surface area (Å²) in [5.74, 6) is -0.200. The highest BCUT2D eigenvalue weighted by molar-refractivity contribution is 6.38. The van der Waals surface area contributed by atoms with E-state index < -0.39 is 6.04 Å². The van der Waals surface area contributed by atoms with Gasteiger partial charge in [0.15, 0.2) is 0 Å². The number of hydrogen-bond acceptors (Lipinski definition) is 2. The molecule has 1 aliphatic heterocycles. The van der Waals surface area contributed by atoms with Crippen LogP contribution in [0, 0.1) is 5.92 Å². The number of nitrogens with zero attached hydrogens (tertiary/aromatic N) is 1. The van der Waals surface area contributed by atoms with Crippen molar-refractivity contribution < 1.29 is 9.59 Å². The summed E-state index contributed by atoms with van der Waals surface area (Å²) in [6.45, 7) is 5.92. The summed E-state index contributed by atoms with van der Waals surface area (Å²) >= 11 is 12.4. The zero-order valence-electron chi connectivity index (χ0n) is 11.5. The van der Waals surface area contributed by atoms with Gasteiger partial charge in [-0.15, -0.1) is 0 Å². The summed E-state index contributed by atoms with van der Waals surface area (Å²) < 4.78 is 0. The molecule has 1 N–H and O–H groups in total. The van der Waals surface area contributed by atoms with Gasteiger partial charge in [-0.25, -0.2) is 0 Å². The lowest BCUT2D eigenvalue weighted by molar-refractivity contribution is -0.126. The van der Waals surface area contributed by atoms with Crippen molar-refractivity contribution in [3.05, 3.63) is 27.7 Å². The molecular formula is C14H16Cl2N2O2. The first-order valence-corrected chi connectivity index (χ1v) is 7.15. The molecule has 0 unspecified atom stereocenters. The number of nitrogens with one attached hydrogen (secondary N) is 1. The fraction of sp³-hybridized carbons (Fsp3) is 0.429. The summed E-state index contributed by atoms with van der Waals surface area (Å²) in [7, 11) is 0. The van der Waals surface area contributed by atoms with E-state index in [9.17, 15) is 9.59 Å². The summed E-state index contributed by atoms with van der Waals surface area (Å²) in [5.41, 5.74) is 1.19. The molecule has 108 valence electrons. The Bertz CT molecular complexity index is 573. The number of benzene rings is 1. The minimum Gasteiger partial charge on any atom is -0.341 e. The third kappa shape index (κ3) is 2.63. The van der Waals surface area contributed by atoms with Gasteiger partial charge in [-0.3, -0.25) is 9.59 Å². The Morgan fingerprint density at radius 2 is 1.95 bits per heavy atom. The SMILES string of the molecule is CC(=O)N[C@@H]1C(=O)N(CC(C)C)c2c(Cl)ccc(Cl)c21. The highest BCUT2D eigenvalue weighted by atomic mass is 35.5. The van der Waals surface area contributed by atoms with Gasteiger partial charge in [0.25, 0.3) is 5.91 Å². The van der Waals surface area contributed by atoms with E-state index in [1.807, 2.05) is 13.8 Å². The normalized spacial score (nSPS) is 17.6. The van der Waals surface area contributed by atoms with Crippen molar-refractivity contribution in [2.45, 2.75) is 26.8 Å². The Balaban J connectivity index is 2.55. The third-order valence-corrected chi connectivity index (χ3v) is 3.72. The van der Waals surface area contributed by atoms with Gasteiger partial charge in [-0.2, -0.15) is 0 Å². The molecule has 0 saturated heterocycles.